The van der Waals surface area contributed by atoms with Crippen molar-refractivity contribution in [3.05, 3.63) is 52.5 Å². The molecule has 8 nitrogen and oxygen atoms in total. The van der Waals surface area contributed by atoms with Crippen molar-refractivity contribution in [3.63, 3.8) is 0 Å². The summed E-state index contributed by atoms with van der Waals surface area (Å²) >= 11 is 6.36. The molecule has 0 saturated carbocycles. The highest BCUT2D eigenvalue weighted by Gasteiger charge is 2.27. The lowest BCUT2D eigenvalue weighted by atomic mass is 10.1. The van der Waals surface area contributed by atoms with Crippen molar-refractivity contribution in [1.82, 2.24) is 9.80 Å². The van der Waals surface area contributed by atoms with Crippen LogP contribution in [0.4, 0.5) is 11.4 Å². The molecule has 0 aliphatic carbocycles. The van der Waals surface area contributed by atoms with Crippen molar-refractivity contribution in [1.29, 1.82) is 0 Å². The van der Waals surface area contributed by atoms with Gasteiger partial charge in [-0.3, -0.25) is 14.0 Å². The number of fused-ring (bicyclic) bond motifs is 1. The van der Waals surface area contributed by atoms with E-state index in [1.54, 1.807) is 12.1 Å². The first-order valence-electron chi connectivity index (χ1n) is 14.4. The van der Waals surface area contributed by atoms with E-state index in [4.69, 9.17) is 16.3 Å². The number of hydrogen-bond acceptors (Lipinski definition) is 6. The van der Waals surface area contributed by atoms with E-state index in [0.29, 0.717) is 48.9 Å². The van der Waals surface area contributed by atoms with Crippen LogP contribution < -0.4 is 13.9 Å². The topological polar surface area (TPSA) is 73.4 Å². The number of nitrogens with zero attached hydrogens (tertiary/aromatic N) is 4. The smallest absolute Gasteiger partial charge is 0.254 e. The third kappa shape index (κ3) is 7.42. The number of sulfonamides is 1. The summed E-state index contributed by atoms with van der Waals surface area (Å²) in [6, 6.07) is 11.3. The molecule has 2 heterocycles. The lowest BCUT2D eigenvalue weighted by molar-refractivity contribution is 0.0712. The molecule has 0 bridgehead atoms. The largest absolute Gasteiger partial charge is 0.492 e. The highest BCUT2D eigenvalue weighted by molar-refractivity contribution is 7.92. The Bertz CT molecular complexity index is 1280. The van der Waals surface area contributed by atoms with Gasteiger partial charge in [0, 0.05) is 62.4 Å². The van der Waals surface area contributed by atoms with Crippen LogP contribution in [0.2, 0.25) is 5.02 Å². The Hall–Kier alpha value is -2.49. The van der Waals surface area contributed by atoms with E-state index in [1.165, 1.54) is 17.0 Å². The summed E-state index contributed by atoms with van der Waals surface area (Å²) in [7, 11) is -3.56. The molecule has 220 valence electrons. The molecule has 0 aromatic heterocycles. The fourth-order valence-electron chi connectivity index (χ4n) is 5.61. The Morgan fingerprint density at radius 1 is 0.925 bits per heavy atom. The highest BCUT2D eigenvalue weighted by atomic mass is 35.5. The minimum absolute atomic E-state index is 0.0870. The van der Waals surface area contributed by atoms with Gasteiger partial charge >= 0.3 is 0 Å². The van der Waals surface area contributed by atoms with E-state index in [-0.39, 0.29) is 18.5 Å². The summed E-state index contributed by atoms with van der Waals surface area (Å²) in [6.45, 7) is 11.2. The molecule has 0 unspecified atom stereocenters. The number of carbonyl (C=O) groups excluding carboxylic acids is 1. The molecule has 1 saturated heterocycles. The molecule has 4 rings (SSSR count). The zero-order valence-corrected chi connectivity index (χ0v) is 25.8. The number of benzene rings is 2. The van der Waals surface area contributed by atoms with Gasteiger partial charge in [-0.2, -0.15) is 0 Å². The molecular formula is C30H43ClN4O4S. The van der Waals surface area contributed by atoms with Gasteiger partial charge in [0.25, 0.3) is 5.91 Å². The maximum absolute atomic E-state index is 14.2. The standard InChI is InChI=1S/C30H43ClN4O4S/c1-5-39-29-13-11-24(20-28(29)33-14-7-6-8-15-33)30(36)34-19-18-32(23(2)3)16-9-17-35(40(4,37)38)27-21-26(31)12-10-25(27)22-34/h10-13,20-21,23H,5-9,14-19,22H2,1-4H3. The monoisotopic (exact) mass is 590 g/mol. The first-order chi connectivity index (χ1) is 19.1. The van der Waals surface area contributed by atoms with Crippen molar-refractivity contribution in [2.45, 2.75) is 59.0 Å². The predicted octanol–water partition coefficient (Wildman–Crippen LogP) is 5.25. The lowest BCUT2D eigenvalue weighted by Gasteiger charge is -2.32. The van der Waals surface area contributed by atoms with Crippen molar-refractivity contribution in [3.8, 4) is 5.75 Å². The van der Waals surface area contributed by atoms with Crippen LogP contribution in [0, 0.1) is 0 Å². The van der Waals surface area contributed by atoms with E-state index in [0.717, 1.165) is 49.5 Å². The number of carbonyl (C=O) groups is 1. The second-order valence-electron chi connectivity index (χ2n) is 11.0. The van der Waals surface area contributed by atoms with Crippen molar-refractivity contribution < 1.29 is 17.9 Å². The van der Waals surface area contributed by atoms with Crippen LogP contribution in [0.5, 0.6) is 5.75 Å². The molecular weight excluding hydrogens is 548 g/mol. The molecule has 2 aromatic carbocycles. The van der Waals surface area contributed by atoms with Gasteiger partial charge in [0.2, 0.25) is 10.0 Å². The van der Waals surface area contributed by atoms with Gasteiger partial charge in [-0.25, -0.2) is 8.42 Å². The second kappa shape index (κ2) is 13.4. The third-order valence-corrected chi connectivity index (χ3v) is 9.18. The van der Waals surface area contributed by atoms with Crippen LogP contribution >= 0.6 is 11.6 Å². The molecule has 2 aliphatic rings. The van der Waals surface area contributed by atoms with Crippen molar-refractivity contribution >= 4 is 38.9 Å². The van der Waals surface area contributed by atoms with Gasteiger partial charge in [-0.15, -0.1) is 0 Å². The van der Waals surface area contributed by atoms with Crippen LogP contribution in [-0.4, -0.2) is 82.3 Å². The summed E-state index contributed by atoms with van der Waals surface area (Å²) in [6.07, 6.45) is 5.35. The van der Waals surface area contributed by atoms with E-state index in [9.17, 15) is 13.2 Å². The fraction of sp³-hybridized carbons (Fsp3) is 0.567. The van der Waals surface area contributed by atoms with E-state index in [2.05, 4.69) is 23.6 Å². The second-order valence-corrected chi connectivity index (χ2v) is 13.3. The normalized spacial score (nSPS) is 17.9. The van der Waals surface area contributed by atoms with E-state index in [1.807, 2.05) is 36.1 Å². The maximum Gasteiger partial charge on any atom is 0.254 e. The highest BCUT2D eigenvalue weighted by Crippen LogP contribution is 2.33. The minimum Gasteiger partial charge on any atom is -0.492 e. The Morgan fingerprint density at radius 3 is 2.35 bits per heavy atom. The van der Waals surface area contributed by atoms with E-state index < -0.39 is 10.0 Å². The van der Waals surface area contributed by atoms with Gasteiger partial charge in [-0.05, 0) is 82.3 Å². The van der Waals surface area contributed by atoms with Gasteiger partial charge in [0.05, 0.1) is 24.2 Å². The molecule has 40 heavy (non-hydrogen) atoms. The Kier molecular flexibility index (Phi) is 10.2. The quantitative estimate of drug-likeness (QED) is 0.457. The third-order valence-electron chi connectivity index (χ3n) is 7.76. The first kappa shape index (κ1) is 30.5. The SMILES string of the molecule is CCOc1ccc(C(=O)N2CCN(C(C)C)CCCN(S(C)(=O)=O)c3cc(Cl)ccc3C2)cc1N1CCCCC1. The van der Waals surface area contributed by atoms with Crippen LogP contribution in [0.1, 0.15) is 62.4 Å². The predicted molar refractivity (Wildman–Crippen MR) is 163 cm³/mol. The van der Waals surface area contributed by atoms with Crippen LogP contribution in [0.15, 0.2) is 36.4 Å². The summed E-state index contributed by atoms with van der Waals surface area (Å²) < 4.78 is 33.2. The molecule has 0 N–H and O–H groups in total. The first-order valence-corrected chi connectivity index (χ1v) is 16.6. The van der Waals surface area contributed by atoms with Crippen molar-refractivity contribution in [2.24, 2.45) is 0 Å². The minimum atomic E-state index is -3.56. The van der Waals surface area contributed by atoms with Crippen molar-refractivity contribution in [2.75, 3.05) is 61.3 Å². The molecule has 2 aromatic rings. The summed E-state index contributed by atoms with van der Waals surface area (Å²) in [4.78, 5) is 20.6. The number of ether oxygens (including phenoxy) is 1. The fourth-order valence-corrected chi connectivity index (χ4v) is 6.77. The molecule has 1 amide bonds. The summed E-state index contributed by atoms with van der Waals surface area (Å²) in [5.41, 5.74) is 2.85. The number of anilines is 2. The summed E-state index contributed by atoms with van der Waals surface area (Å²) in [5.74, 6) is 0.712. The molecule has 10 heteroatoms. The number of piperidine rings is 1. The Morgan fingerprint density at radius 2 is 1.68 bits per heavy atom. The molecule has 2 aliphatic heterocycles. The average Bonchev–Trinajstić information content (AvgIpc) is 2.95. The molecule has 0 spiro atoms. The van der Waals surface area contributed by atoms with Crippen LogP contribution in [0.25, 0.3) is 0 Å². The van der Waals surface area contributed by atoms with E-state index >= 15 is 0 Å². The molecule has 0 atom stereocenters. The number of hydrogen-bond donors (Lipinski definition) is 0. The Labute approximate surface area is 244 Å². The zero-order valence-electron chi connectivity index (χ0n) is 24.2. The van der Waals surface area contributed by atoms with Gasteiger partial charge in [-0.1, -0.05) is 17.7 Å². The van der Waals surface area contributed by atoms with Gasteiger partial charge in [0.15, 0.2) is 0 Å². The number of amides is 1. The maximum atomic E-state index is 14.2. The Balaban J connectivity index is 1.74. The number of halogens is 1. The zero-order chi connectivity index (χ0) is 28.9. The molecule has 1 fully saturated rings. The van der Waals surface area contributed by atoms with Crippen LogP contribution in [-0.2, 0) is 16.6 Å². The van der Waals surface area contributed by atoms with Gasteiger partial charge < -0.3 is 14.5 Å². The lowest BCUT2D eigenvalue weighted by Crippen LogP contribution is -2.41. The summed E-state index contributed by atoms with van der Waals surface area (Å²) in [5, 5.41) is 0.460. The average molecular weight is 591 g/mol. The molecule has 0 radical (unpaired) electrons. The van der Waals surface area contributed by atoms with Gasteiger partial charge in [0.1, 0.15) is 5.75 Å². The van der Waals surface area contributed by atoms with Crippen LogP contribution in [0.3, 0.4) is 0 Å². The number of rotatable bonds is 6.